The summed E-state index contributed by atoms with van der Waals surface area (Å²) in [5, 5.41) is 2.73. The molecule has 0 radical (unpaired) electrons. The van der Waals surface area contributed by atoms with E-state index in [4.69, 9.17) is 4.42 Å². The van der Waals surface area contributed by atoms with Gasteiger partial charge in [-0.05, 0) is 31.9 Å². The second kappa shape index (κ2) is 7.95. The van der Waals surface area contributed by atoms with E-state index in [9.17, 15) is 9.59 Å². The second-order valence-corrected chi connectivity index (χ2v) is 6.06. The van der Waals surface area contributed by atoms with E-state index in [1.807, 2.05) is 24.6 Å². The van der Waals surface area contributed by atoms with E-state index >= 15 is 0 Å². The number of rotatable bonds is 7. The molecule has 2 heterocycles. The van der Waals surface area contributed by atoms with Crippen molar-refractivity contribution in [3.05, 3.63) is 51.6 Å². The van der Waals surface area contributed by atoms with Crippen LogP contribution in [0.2, 0.25) is 0 Å². The lowest BCUT2D eigenvalue weighted by Crippen LogP contribution is -2.29. The van der Waals surface area contributed by atoms with Crippen LogP contribution in [-0.4, -0.2) is 15.5 Å². The third kappa shape index (κ3) is 4.13. The maximum Gasteiger partial charge on any atom is 0.349 e. The van der Waals surface area contributed by atoms with Gasteiger partial charge in [-0.1, -0.05) is 20.3 Å². The highest BCUT2D eigenvalue weighted by Crippen LogP contribution is 2.21. The van der Waals surface area contributed by atoms with Crippen molar-refractivity contribution in [3.63, 3.8) is 0 Å². The van der Waals surface area contributed by atoms with E-state index in [2.05, 4.69) is 17.2 Å². The molecule has 0 aliphatic carbocycles. The number of carbonyl (C=O) groups excluding carboxylic acids is 1. The number of hydrogen-bond donors (Lipinski definition) is 1. The molecule has 0 saturated carbocycles. The molecule has 0 saturated heterocycles. The Balaban J connectivity index is 2.12. The normalized spacial score (nSPS) is 12.2. The largest absolute Gasteiger partial charge is 0.427 e. The van der Waals surface area contributed by atoms with E-state index in [0.29, 0.717) is 11.3 Å². The van der Waals surface area contributed by atoms with Gasteiger partial charge >= 0.3 is 5.63 Å². The Morgan fingerprint density at radius 2 is 2.17 bits per heavy atom. The summed E-state index contributed by atoms with van der Waals surface area (Å²) in [7, 11) is 0. The number of aryl methyl sites for hydroxylation is 2. The Labute approximate surface area is 141 Å². The fraction of sp³-hybridized carbons (Fsp3) is 0.500. The van der Waals surface area contributed by atoms with Gasteiger partial charge in [0.15, 0.2) is 0 Å². The molecule has 1 N–H and O–H groups in total. The number of aromatic nitrogens is 2. The zero-order chi connectivity index (χ0) is 17.7. The molecule has 0 aliphatic heterocycles. The molecular formula is C18H25N3O3. The Morgan fingerprint density at radius 1 is 1.42 bits per heavy atom. The molecule has 130 valence electrons. The number of nitrogens with zero attached hydrogens (tertiary/aromatic N) is 2. The van der Waals surface area contributed by atoms with Crippen molar-refractivity contribution in [2.45, 2.75) is 59.5 Å². The molecule has 0 aliphatic rings. The van der Waals surface area contributed by atoms with Crippen LogP contribution in [0.1, 0.15) is 66.9 Å². The molecule has 0 fully saturated rings. The standard InChI is InChI=1S/C18H25N3O3/c1-5-7-12(3)15-8-13(4)16(18(23)24-15)17(22)19-9-14-10-21(6-2)11-20-14/h8,10-12H,5-7,9H2,1-4H3,(H,19,22). The fourth-order valence-corrected chi connectivity index (χ4v) is 2.65. The van der Waals surface area contributed by atoms with Crippen molar-refractivity contribution in [1.82, 2.24) is 14.9 Å². The summed E-state index contributed by atoms with van der Waals surface area (Å²) in [5.41, 5.74) is 0.878. The molecule has 1 atom stereocenters. The fourth-order valence-electron chi connectivity index (χ4n) is 2.65. The highest BCUT2D eigenvalue weighted by molar-refractivity contribution is 5.95. The number of nitrogens with one attached hydrogen (secondary N) is 1. The minimum Gasteiger partial charge on any atom is -0.427 e. The average molecular weight is 331 g/mol. The number of imidazole rings is 1. The van der Waals surface area contributed by atoms with Crippen molar-refractivity contribution >= 4 is 5.91 Å². The lowest BCUT2D eigenvalue weighted by atomic mass is 10.0. The second-order valence-electron chi connectivity index (χ2n) is 6.06. The Bertz CT molecular complexity index is 761. The highest BCUT2D eigenvalue weighted by Gasteiger charge is 2.19. The van der Waals surface area contributed by atoms with Gasteiger partial charge in [0.05, 0.1) is 18.6 Å². The average Bonchev–Trinajstić information content (AvgIpc) is 3.00. The van der Waals surface area contributed by atoms with Crippen molar-refractivity contribution in [2.24, 2.45) is 0 Å². The van der Waals surface area contributed by atoms with Crippen LogP contribution in [0.3, 0.4) is 0 Å². The van der Waals surface area contributed by atoms with Crippen LogP contribution in [-0.2, 0) is 13.1 Å². The summed E-state index contributed by atoms with van der Waals surface area (Å²) in [4.78, 5) is 28.8. The first-order chi connectivity index (χ1) is 11.5. The molecule has 2 rings (SSSR count). The number of carbonyl (C=O) groups is 1. The maximum atomic E-state index is 12.3. The smallest absolute Gasteiger partial charge is 0.349 e. The Kier molecular flexibility index (Phi) is 5.95. The van der Waals surface area contributed by atoms with Crippen LogP contribution in [0.5, 0.6) is 0 Å². The van der Waals surface area contributed by atoms with E-state index in [0.717, 1.165) is 25.1 Å². The zero-order valence-corrected chi connectivity index (χ0v) is 14.8. The van der Waals surface area contributed by atoms with Crippen molar-refractivity contribution in [3.8, 4) is 0 Å². The quantitative estimate of drug-likeness (QED) is 0.846. The SMILES string of the molecule is CCCC(C)c1cc(C)c(C(=O)NCc2cn(CC)cn2)c(=O)o1. The molecule has 0 aromatic carbocycles. The van der Waals surface area contributed by atoms with Crippen molar-refractivity contribution in [2.75, 3.05) is 0 Å². The summed E-state index contributed by atoms with van der Waals surface area (Å²) < 4.78 is 7.28. The molecule has 1 unspecified atom stereocenters. The Hall–Kier alpha value is -2.37. The maximum absolute atomic E-state index is 12.3. The third-order valence-electron chi connectivity index (χ3n) is 4.08. The molecule has 6 heteroatoms. The van der Waals surface area contributed by atoms with Crippen molar-refractivity contribution < 1.29 is 9.21 Å². The lowest BCUT2D eigenvalue weighted by Gasteiger charge is -2.11. The minimum absolute atomic E-state index is 0.0670. The van der Waals surface area contributed by atoms with Crippen LogP contribution >= 0.6 is 0 Å². The van der Waals surface area contributed by atoms with Gasteiger partial charge in [-0.15, -0.1) is 0 Å². The molecule has 1 amide bonds. The van der Waals surface area contributed by atoms with Gasteiger partial charge in [-0.25, -0.2) is 9.78 Å². The van der Waals surface area contributed by atoms with Crippen molar-refractivity contribution in [1.29, 1.82) is 0 Å². The summed E-state index contributed by atoms with van der Waals surface area (Å²) in [6, 6.07) is 1.79. The first-order valence-electron chi connectivity index (χ1n) is 8.39. The van der Waals surface area contributed by atoms with Crippen LogP contribution in [0.15, 0.2) is 27.8 Å². The topological polar surface area (TPSA) is 77.1 Å². The molecule has 0 spiro atoms. The van der Waals surface area contributed by atoms with Crippen LogP contribution in [0, 0.1) is 6.92 Å². The third-order valence-corrected chi connectivity index (χ3v) is 4.08. The number of amides is 1. The molecular weight excluding hydrogens is 306 g/mol. The predicted octanol–water partition coefficient (Wildman–Crippen LogP) is 3.00. The number of hydrogen-bond acceptors (Lipinski definition) is 4. The first kappa shape index (κ1) is 18.0. The summed E-state index contributed by atoms with van der Waals surface area (Å²) >= 11 is 0. The van der Waals surface area contributed by atoms with Gasteiger partial charge in [-0.2, -0.15) is 0 Å². The minimum atomic E-state index is -0.579. The highest BCUT2D eigenvalue weighted by atomic mass is 16.4. The zero-order valence-electron chi connectivity index (χ0n) is 14.8. The van der Waals surface area contributed by atoms with Gasteiger partial charge in [0, 0.05) is 18.7 Å². The van der Waals surface area contributed by atoms with E-state index in [-0.39, 0.29) is 18.0 Å². The van der Waals surface area contributed by atoms with E-state index in [1.165, 1.54) is 0 Å². The van der Waals surface area contributed by atoms with Crippen LogP contribution in [0.4, 0.5) is 0 Å². The monoisotopic (exact) mass is 331 g/mol. The Morgan fingerprint density at radius 3 is 2.75 bits per heavy atom. The van der Waals surface area contributed by atoms with E-state index < -0.39 is 11.5 Å². The molecule has 6 nitrogen and oxygen atoms in total. The van der Waals surface area contributed by atoms with E-state index in [1.54, 1.807) is 19.3 Å². The summed E-state index contributed by atoms with van der Waals surface area (Å²) in [6.07, 6.45) is 5.53. The van der Waals surface area contributed by atoms with Gasteiger partial charge < -0.3 is 14.3 Å². The summed E-state index contributed by atoms with van der Waals surface area (Å²) in [6.45, 7) is 8.98. The van der Waals surface area contributed by atoms with Gasteiger partial charge in [0.1, 0.15) is 11.3 Å². The lowest BCUT2D eigenvalue weighted by molar-refractivity contribution is 0.0945. The molecule has 2 aromatic rings. The predicted molar refractivity (Wildman–Crippen MR) is 92.1 cm³/mol. The molecule has 2 aromatic heterocycles. The molecule has 0 bridgehead atoms. The summed E-state index contributed by atoms with van der Waals surface area (Å²) in [5.74, 6) is 0.371. The van der Waals surface area contributed by atoms with Gasteiger partial charge in [0.25, 0.3) is 5.91 Å². The first-order valence-corrected chi connectivity index (χ1v) is 8.39. The van der Waals surface area contributed by atoms with Crippen LogP contribution < -0.4 is 10.9 Å². The van der Waals surface area contributed by atoms with Gasteiger partial charge in [0.2, 0.25) is 0 Å². The molecule has 24 heavy (non-hydrogen) atoms. The van der Waals surface area contributed by atoms with Gasteiger partial charge in [-0.3, -0.25) is 4.79 Å². The van der Waals surface area contributed by atoms with Crippen LogP contribution in [0.25, 0.3) is 0 Å².